The Morgan fingerprint density at radius 2 is 2.37 bits per heavy atom. The molecule has 19 heavy (non-hydrogen) atoms. The number of rotatable bonds is 5. The molecule has 3 rings (SSSR count). The Balaban J connectivity index is 1.74. The lowest BCUT2D eigenvalue weighted by atomic mass is 10.2. The van der Waals surface area contributed by atoms with E-state index in [9.17, 15) is 9.00 Å². The minimum Gasteiger partial charge on any atom is -0.321 e. The second-order valence-electron chi connectivity index (χ2n) is 5.32. The largest absolute Gasteiger partial charge is 0.321 e. The summed E-state index contributed by atoms with van der Waals surface area (Å²) in [6.07, 6.45) is 4.41. The van der Waals surface area contributed by atoms with Crippen molar-refractivity contribution >= 4 is 28.0 Å². The van der Waals surface area contributed by atoms with Gasteiger partial charge in [-0.2, -0.15) is 11.3 Å². The summed E-state index contributed by atoms with van der Waals surface area (Å²) < 4.78 is 11.1. The van der Waals surface area contributed by atoms with E-state index in [0.29, 0.717) is 12.3 Å². The fourth-order valence-corrected chi connectivity index (χ4v) is 3.85. The Bertz CT molecular complexity index is 497. The van der Waals surface area contributed by atoms with Crippen molar-refractivity contribution in [3.8, 4) is 0 Å². The molecule has 104 valence electrons. The van der Waals surface area contributed by atoms with Crippen molar-refractivity contribution in [2.75, 3.05) is 18.6 Å². The highest BCUT2D eigenvalue weighted by Gasteiger charge is 2.59. The maximum Gasteiger partial charge on any atom is 0.244 e. The predicted molar refractivity (Wildman–Crippen MR) is 77.4 cm³/mol. The SMILES string of the molecule is CS(=O)CCCN1C(=O)C2(CC2)NC1c1ccsc1. The molecule has 1 spiro atoms. The summed E-state index contributed by atoms with van der Waals surface area (Å²) in [5, 5.41) is 7.62. The Morgan fingerprint density at radius 3 is 2.95 bits per heavy atom. The zero-order valence-electron chi connectivity index (χ0n) is 10.9. The fourth-order valence-electron chi connectivity index (χ4n) is 2.64. The van der Waals surface area contributed by atoms with Crippen molar-refractivity contribution in [3.63, 3.8) is 0 Å². The molecule has 1 aromatic heterocycles. The highest BCUT2D eigenvalue weighted by molar-refractivity contribution is 7.84. The lowest BCUT2D eigenvalue weighted by Gasteiger charge is -2.23. The Kier molecular flexibility index (Phi) is 3.49. The third-order valence-corrected chi connectivity index (χ3v) is 5.40. The first kappa shape index (κ1) is 13.3. The minimum atomic E-state index is -0.785. The van der Waals surface area contributed by atoms with E-state index in [-0.39, 0.29) is 17.6 Å². The van der Waals surface area contributed by atoms with E-state index in [1.54, 1.807) is 17.6 Å². The normalized spacial score (nSPS) is 26.1. The number of carbonyl (C=O) groups is 1. The molecule has 1 aliphatic heterocycles. The summed E-state index contributed by atoms with van der Waals surface area (Å²) in [7, 11) is -0.785. The van der Waals surface area contributed by atoms with E-state index in [1.807, 2.05) is 10.3 Å². The number of carbonyl (C=O) groups excluding carboxylic acids is 1. The van der Waals surface area contributed by atoms with E-state index < -0.39 is 10.8 Å². The average molecular weight is 298 g/mol. The summed E-state index contributed by atoms with van der Waals surface area (Å²) >= 11 is 1.65. The number of hydrogen-bond donors (Lipinski definition) is 1. The van der Waals surface area contributed by atoms with Crippen molar-refractivity contribution in [1.82, 2.24) is 10.2 Å². The quantitative estimate of drug-likeness (QED) is 0.896. The van der Waals surface area contributed by atoms with E-state index >= 15 is 0 Å². The van der Waals surface area contributed by atoms with Crippen molar-refractivity contribution in [1.29, 1.82) is 0 Å². The molecule has 0 radical (unpaired) electrons. The van der Waals surface area contributed by atoms with Gasteiger partial charge in [0.15, 0.2) is 0 Å². The fraction of sp³-hybridized carbons (Fsp3) is 0.615. The lowest BCUT2D eigenvalue weighted by Crippen LogP contribution is -2.33. The van der Waals surface area contributed by atoms with Gasteiger partial charge in [0.25, 0.3) is 0 Å². The van der Waals surface area contributed by atoms with Crippen LogP contribution in [0.2, 0.25) is 0 Å². The number of amides is 1. The third-order valence-electron chi connectivity index (χ3n) is 3.83. The van der Waals surface area contributed by atoms with Crippen LogP contribution in [0, 0.1) is 0 Å². The summed E-state index contributed by atoms with van der Waals surface area (Å²) in [5.41, 5.74) is 0.887. The molecule has 4 nitrogen and oxygen atoms in total. The van der Waals surface area contributed by atoms with Crippen LogP contribution < -0.4 is 5.32 Å². The van der Waals surface area contributed by atoms with E-state index in [0.717, 1.165) is 19.3 Å². The lowest BCUT2D eigenvalue weighted by molar-refractivity contribution is -0.130. The molecule has 2 heterocycles. The summed E-state index contributed by atoms with van der Waals surface area (Å²) in [6.45, 7) is 0.688. The Labute approximate surface area is 119 Å². The molecular weight excluding hydrogens is 280 g/mol. The molecule has 2 unspecified atom stereocenters. The van der Waals surface area contributed by atoms with Gasteiger partial charge < -0.3 is 4.90 Å². The molecule has 1 aliphatic carbocycles. The highest BCUT2D eigenvalue weighted by Crippen LogP contribution is 2.46. The smallest absolute Gasteiger partial charge is 0.244 e. The van der Waals surface area contributed by atoms with Crippen molar-refractivity contribution < 1.29 is 9.00 Å². The van der Waals surface area contributed by atoms with Crippen LogP contribution in [0.3, 0.4) is 0 Å². The second kappa shape index (κ2) is 5.00. The van der Waals surface area contributed by atoms with Gasteiger partial charge in [0.1, 0.15) is 11.7 Å². The molecule has 1 saturated carbocycles. The van der Waals surface area contributed by atoms with Crippen LogP contribution >= 0.6 is 11.3 Å². The molecule has 0 aromatic carbocycles. The number of thiophene rings is 1. The standard InChI is InChI=1S/C13H18N2O2S2/c1-19(17)8-2-6-15-11(10-3-7-18-9-10)14-13(4-5-13)12(15)16/h3,7,9,11,14H,2,4-6,8H2,1H3. The molecule has 0 bridgehead atoms. The molecule has 1 amide bonds. The average Bonchev–Trinajstić information content (AvgIpc) is 2.84. The predicted octanol–water partition coefficient (Wildman–Crippen LogP) is 1.48. The van der Waals surface area contributed by atoms with Gasteiger partial charge in [-0.15, -0.1) is 0 Å². The van der Waals surface area contributed by atoms with Crippen molar-refractivity contribution in [3.05, 3.63) is 22.4 Å². The van der Waals surface area contributed by atoms with E-state index in [4.69, 9.17) is 0 Å². The monoisotopic (exact) mass is 298 g/mol. The van der Waals surface area contributed by atoms with Gasteiger partial charge >= 0.3 is 0 Å². The number of hydrogen-bond acceptors (Lipinski definition) is 4. The molecular formula is C13H18N2O2S2. The topological polar surface area (TPSA) is 49.4 Å². The molecule has 1 saturated heterocycles. The van der Waals surface area contributed by atoms with Crippen LogP contribution in [0.5, 0.6) is 0 Å². The van der Waals surface area contributed by atoms with Crippen molar-refractivity contribution in [2.45, 2.75) is 31.0 Å². The van der Waals surface area contributed by atoms with Crippen LogP contribution in [-0.4, -0.2) is 39.1 Å². The number of nitrogens with one attached hydrogen (secondary N) is 1. The number of nitrogens with zero attached hydrogens (tertiary/aromatic N) is 1. The zero-order chi connectivity index (χ0) is 13.5. The first-order valence-electron chi connectivity index (χ1n) is 6.53. The highest BCUT2D eigenvalue weighted by atomic mass is 32.2. The Morgan fingerprint density at radius 1 is 1.58 bits per heavy atom. The second-order valence-corrected chi connectivity index (χ2v) is 7.65. The molecule has 2 atom stereocenters. The summed E-state index contributed by atoms with van der Waals surface area (Å²) in [5.74, 6) is 0.887. The van der Waals surface area contributed by atoms with Gasteiger partial charge in [-0.3, -0.25) is 14.3 Å². The first-order chi connectivity index (χ1) is 9.12. The van der Waals surface area contributed by atoms with E-state index in [2.05, 4.69) is 16.8 Å². The molecule has 2 fully saturated rings. The van der Waals surface area contributed by atoms with Crippen LogP contribution in [0.25, 0.3) is 0 Å². The van der Waals surface area contributed by atoms with Crippen LogP contribution in [0.1, 0.15) is 31.0 Å². The van der Waals surface area contributed by atoms with Gasteiger partial charge in [-0.25, -0.2) is 0 Å². The van der Waals surface area contributed by atoms with Gasteiger partial charge in [-0.1, -0.05) is 0 Å². The molecule has 6 heteroatoms. The minimum absolute atomic E-state index is 0.00606. The third kappa shape index (κ3) is 2.49. The van der Waals surface area contributed by atoms with E-state index in [1.165, 1.54) is 5.56 Å². The van der Waals surface area contributed by atoms with Crippen LogP contribution in [-0.2, 0) is 15.6 Å². The first-order valence-corrected chi connectivity index (χ1v) is 9.20. The van der Waals surface area contributed by atoms with Gasteiger partial charge in [0.05, 0.1) is 0 Å². The van der Waals surface area contributed by atoms with Crippen LogP contribution in [0.15, 0.2) is 16.8 Å². The van der Waals surface area contributed by atoms with Gasteiger partial charge in [0, 0.05) is 29.4 Å². The molecule has 1 aromatic rings. The molecule has 1 N–H and O–H groups in total. The maximum absolute atomic E-state index is 12.5. The zero-order valence-corrected chi connectivity index (χ0v) is 12.6. The van der Waals surface area contributed by atoms with Gasteiger partial charge in [-0.05, 0) is 41.7 Å². The van der Waals surface area contributed by atoms with Gasteiger partial charge in [0.2, 0.25) is 5.91 Å². The summed E-state index contributed by atoms with van der Waals surface area (Å²) in [4.78, 5) is 14.4. The molecule has 2 aliphatic rings. The summed E-state index contributed by atoms with van der Waals surface area (Å²) in [6, 6.07) is 2.07. The maximum atomic E-state index is 12.5. The Hall–Kier alpha value is -0.720. The van der Waals surface area contributed by atoms with Crippen molar-refractivity contribution in [2.24, 2.45) is 0 Å². The van der Waals surface area contributed by atoms with Crippen LogP contribution in [0.4, 0.5) is 0 Å².